The van der Waals surface area contributed by atoms with Gasteiger partial charge in [0.1, 0.15) is 12.0 Å². The predicted molar refractivity (Wildman–Crippen MR) is 104 cm³/mol. The van der Waals surface area contributed by atoms with Crippen molar-refractivity contribution in [3.05, 3.63) is 47.1 Å². The summed E-state index contributed by atoms with van der Waals surface area (Å²) in [7, 11) is 1.52. The van der Waals surface area contributed by atoms with Crippen molar-refractivity contribution < 1.29 is 23.8 Å². The number of nitrogens with one attached hydrogen (secondary N) is 1. The van der Waals surface area contributed by atoms with Gasteiger partial charge in [-0.3, -0.25) is 4.79 Å². The lowest BCUT2D eigenvalue weighted by Crippen LogP contribution is -2.39. The molecule has 2 aliphatic rings. The Morgan fingerprint density at radius 3 is 2.79 bits per heavy atom. The second kappa shape index (κ2) is 7.94. The lowest BCUT2D eigenvalue weighted by atomic mass is 9.92. The van der Waals surface area contributed by atoms with Gasteiger partial charge in [0.2, 0.25) is 0 Å². The Labute approximate surface area is 172 Å². The molecule has 2 amide bonds. The number of rotatable bonds is 5. The monoisotopic (exact) mass is 419 g/mol. The molecule has 8 nitrogen and oxygen atoms in total. The van der Waals surface area contributed by atoms with Crippen LogP contribution < -0.4 is 10.1 Å². The average Bonchev–Trinajstić information content (AvgIpc) is 3.39. The number of ether oxygens (including phenoxy) is 1. The van der Waals surface area contributed by atoms with Crippen LogP contribution in [0.15, 0.2) is 34.9 Å². The maximum Gasteiger partial charge on any atom is 0.407 e. The van der Waals surface area contributed by atoms with Crippen LogP contribution >= 0.6 is 11.6 Å². The highest BCUT2D eigenvalue weighted by Crippen LogP contribution is 2.44. The minimum absolute atomic E-state index is 0.0237. The van der Waals surface area contributed by atoms with E-state index in [1.165, 1.54) is 18.2 Å². The molecule has 9 heteroatoms. The summed E-state index contributed by atoms with van der Waals surface area (Å²) in [4.78, 5) is 29.1. The van der Waals surface area contributed by atoms with Crippen LogP contribution in [0.1, 0.15) is 29.2 Å². The summed E-state index contributed by atoms with van der Waals surface area (Å²) in [6.07, 6.45) is 2.26. The van der Waals surface area contributed by atoms with Crippen molar-refractivity contribution in [2.24, 2.45) is 11.8 Å². The zero-order chi connectivity index (χ0) is 20.5. The molecule has 4 atom stereocenters. The van der Waals surface area contributed by atoms with Gasteiger partial charge in [-0.05, 0) is 48.9 Å². The van der Waals surface area contributed by atoms with Crippen LogP contribution in [0.2, 0.25) is 5.02 Å². The van der Waals surface area contributed by atoms with Crippen LogP contribution in [0.4, 0.5) is 4.79 Å². The predicted octanol–water partition coefficient (Wildman–Crippen LogP) is 3.07. The van der Waals surface area contributed by atoms with E-state index in [0.717, 1.165) is 18.6 Å². The lowest BCUT2D eigenvalue weighted by molar-refractivity contribution is 0.0957. The number of halogens is 1. The zero-order valence-corrected chi connectivity index (χ0v) is 16.6. The van der Waals surface area contributed by atoms with Crippen molar-refractivity contribution >= 4 is 23.6 Å². The fourth-order valence-electron chi connectivity index (χ4n) is 4.50. The third-order valence-electron chi connectivity index (χ3n) is 5.79. The van der Waals surface area contributed by atoms with Crippen molar-refractivity contribution in [2.75, 3.05) is 13.6 Å². The molecule has 1 aliphatic carbocycles. The van der Waals surface area contributed by atoms with Gasteiger partial charge in [-0.25, -0.2) is 9.78 Å². The van der Waals surface area contributed by atoms with E-state index in [1.807, 2.05) is 12.1 Å². The third kappa shape index (κ3) is 4.03. The minimum atomic E-state index is -0.947. The van der Waals surface area contributed by atoms with Gasteiger partial charge in [-0.1, -0.05) is 11.6 Å². The SMILES string of the molecule is CNC(=O)c1coc(CC2[C@H]3C[C@@H](Oc4ccc(Cl)cc4)C[C@H]3CN2C(=O)O)n1. The van der Waals surface area contributed by atoms with Gasteiger partial charge in [0.25, 0.3) is 5.91 Å². The van der Waals surface area contributed by atoms with Crippen LogP contribution in [-0.4, -0.2) is 52.7 Å². The van der Waals surface area contributed by atoms with Crippen LogP contribution in [0.3, 0.4) is 0 Å². The molecule has 1 unspecified atom stereocenters. The van der Waals surface area contributed by atoms with Gasteiger partial charge in [0.05, 0.1) is 6.10 Å². The summed E-state index contributed by atoms with van der Waals surface area (Å²) in [5, 5.41) is 12.8. The van der Waals surface area contributed by atoms with Gasteiger partial charge in [0.15, 0.2) is 11.6 Å². The molecule has 1 aromatic carbocycles. The Hall–Kier alpha value is -2.74. The molecule has 0 spiro atoms. The Kier molecular flexibility index (Phi) is 5.36. The molecule has 154 valence electrons. The van der Waals surface area contributed by atoms with E-state index in [9.17, 15) is 14.7 Å². The maximum atomic E-state index is 11.8. The summed E-state index contributed by atoms with van der Waals surface area (Å²) < 4.78 is 11.5. The fraction of sp³-hybridized carbons (Fsp3) is 0.450. The summed E-state index contributed by atoms with van der Waals surface area (Å²) >= 11 is 5.92. The molecule has 1 saturated carbocycles. The van der Waals surface area contributed by atoms with E-state index < -0.39 is 6.09 Å². The minimum Gasteiger partial charge on any atom is -0.490 e. The highest BCUT2D eigenvalue weighted by Gasteiger charge is 2.50. The van der Waals surface area contributed by atoms with Crippen LogP contribution in [0.25, 0.3) is 0 Å². The van der Waals surface area contributed by atoms with E-state index in [0.29, 0.717) is 23.9 Å². The highest BCUT2D eigenvalue weighted by atomic mass is 35.5. The largest absolute Gasteiger partial charge is 0.490 e. The quantitative estimate of drug-likeness (QED) is 0.771. The number of oxazole rings is 1. The van der Waals surface area contributed by atoms with Crippen molar-refractivity contribution in [1.29, 1.82) is 0 Å². The standard InChI is InChI=1S/C20H22ClN3O5/c1-22-19(25)16-10-28-18(23-16)8-17-15-7-14(6-11(15)9-24(17)20(26)27)29-13-4-2-12(21)3-5-13/h2-5,10-11,14-15,17H,6-9H2,1H3,(H,22,25)(H,26,27)/t11-,14-,15-,17?/m0/s1. The number of hydrogen-bond donors (Lipinski definition) is 2. The van der Waals surface area contributed by atoms with Gasteiger partial charge < -0.3 is 24.5 Å². The third-order valence-corrected chi connectivity index (χ3v) is 6.04. The van der Waals surface area contributed by atoms with E-state index in [1.54, 1.807) is 12.1 Å². The number of aromatic nitrogens is 1. The summed E-state index contributed by atoms with van der Waals surface area (Å²) in [5.74, 6) is 1.16. The van der Waals surface area contributed by atoms with Crippen molar-refractivity contribution in [2.45, 2.75) is 31.4 Å². The lowest BCUT2D eigenvalue weighted by Gasteiger charge is -2.25. The van der Waals surface area contributed by atoms with Crippen molar-refractivity contribution in [3.8, 4) is 5.75 Å². The number of carboxylic acid groups (broad SMARTS) is 1. The smallest absolute Gasteiger partial charge is 0.407 e. The Balaban J connectivity index is 1.46. The summed E-state index contributed by atoms with van der Waals surface area (Å²) in [6, 6.07) is 6.99. The van der Waals surface area contributed by atoms with E-state index in [-0.39, 0.29) is 35.6 Å². The van der Waals surface area contributed by atoms with Crippen LogP contribution in [-0.2, 0) is 6.42 Å². The fourth-order valence-corrected chi connectivity index (χ4v) is 4.63. The van der Waals surface area contributed by atoms with Crippen LogP contribution in [0.5, 0.6) is 5.75 Å². The molecular formula is C20H22ClN3O5. The Bertz CT molecular complexity index is 900. The molecule has 2 aromatic rings. The topological polar surface area (TPSA) is 105 Å². The first kappa shape index (κ1) is 19.6. The van der Waals surface area contributed by atoms with Gasteiger partial charge in [-0.15, -0.1) is 0 Å². The Morgan fingerprint density at radius 1 is 1.34 bits per heavy atom. The van der Waals surface area contributed by atoms with Crippen molar-refractivity contribution in [3.63, 3.8) is 0 Å². The van der Waals surface area contributed by atoms with E-state index in [4.69, 9.17) is 20.8 Å². The summed E-state index contributed by atoms with van der Waals surface area (Å²) in [6.45, 7) is 0.466. The first-order valence-corrected chi connectivity index (χ1v) is 9.90. The number of fused-ring (bicyclic) bond motifs is 1. The molecule has 2 N–H and O–H groups in total. The molecule has 29 heavy (non-hydrogen) atoms. The average molecular weight is 420 g/mol. The molecule has 2 fully saturated rings. The maximum absolute atomic E-state index is 11.8. The number of amides is 2. The first-order chi connectivity index (χ1) is 13.9. The molecule has 1 saturated heterocycles. The Morgan fingerprint density at radius 2 is 2.10 bits per heavy atom. The van der Waals surface area contributed by atoms with Crippen molar-refractivity contribution in [1.82, 2.24) is 15.2 Å². The molecule has 1 aromatic heterocycles. The van der Waals surface area contributed by atoms with E-state index in [2.05, 4.69) is 10.3 Å². The molecule has 2 heterocycles. The number of nitrogens with zero attached hydrogens (tertiary/aromatic N) is 2. The van der Waals surface area contributed by atoms with Gasteiger partial charge in [-0.2, -0.15) is 0 Å². The second-order valence-electron chi connectivity index (χ2n) is 7.50. The van der Waals surface area contributed by atoms with E-state index >= 15 is 0 Å². The normalized spacial score (nSPS) is 25.7. The molecular weight excluding hydrogens is 398 g/mol. The van der Waals surface area contributed by atoms with Gasteiger partial charge in [0, 0.05) is 31.1 Å². The second-order valence-corrected chi connectivity index (χ2v) is 7.94. The molecule has 0 radical (unpaired) electrons. The number of benzene rings is 1. The number of carbonyl (C=O) groups excluding carboxylic acids is 1. The number of carbonyl (C=O) groups is 2. The molecule has 1 aliphatic heterocycles. The summed E-state index contributed by atoms with van der Waals surface area (Å²) in [5.41, 5.74) is 0.189. The number of hydrogen-bond acceptors (Lipinski definition) is 5. The number of likely N-dealkylation sites (tertiary alicyclic amines) is 1. The zero-order valence-electron chi connectivity index (χ0n) is 15.9. The molecule has 4 rings (SSSR count). The highest BCUT2D eigenvalue weighted by molar-refractivity contribution is 6.30. The first-order valence-electron chi connectivity index (χ1n) is 9.53. The van der Waals surface area contributed by atoms with Crippen LogP contribution in [0, 0.1) is 11.8 Å². The van der Waals surface area contributed by atoms with Gasteiger partial charge >= 0.3 is 6.09 Å². The molecule has 0 bridgehead atoms.